The molecule has 0 spiro atoms. The van der Waals surface area contributed by atoms with Crippen molar-refractivity contribution in [3.8, 4) is 17.2 Å². The maximum Gasteiger partial charge on any atom is 0.227 e. The van der Waals surface area contributed by atoms with E-state index < -0.39 is 0 Å². The summed E-state index contributed by atoms with van der Waals surface area (Å²) in [5, 5.41) is 9.54. The molecule has 0 atom stereocenters. The standard InChI is InChI=1S/C12H8N2O2/c15-10-7-13-6-9-11(10)16-12(14-9)8-4-2-1-3-5-8/h1-7,15H. The van der Waals surface area contributed by atoms with Crippen LogP contribution in [0.1, 0.15) is 0 Å². The average molecular weight is 212 g/mol. The molecule has 0 bridgehead atoms. The van der Waals surface area contributed by atoms with Gasteiger partial charge in [-0.2, -0.15) is 0 Å². The van der Waals surface area contributed by atoms with Crippen molar-refractivity contribution in [2.45, 2.75) is 0 Å². The van der Waals surface area contributed by atoms with E-state index in [9.17, 15) is 5.11 Å². The Bertz CT molecular complexity index is 632. The van der Waals surface area contributed by atoms with Gasteiger partial charge in [-0.05, 0) is 12.1 Å². The van der Waals surface area contributed by atoms with Gasteiger partial charge in [0.2, 0.25) is 5.89 Å². The van der Waals surface area contributed by atoms with E-state index in [0.29, 0.717) is 17.0 Å². The molecule has 2 heterocycles. The zero-order valence-corrected chi connectivity index (χ0v) is 8.29. The first kappa shape index (κ1) is 8.91. The monoisotopic (exact) mass is 212 g/mol. The third kappa shape index (κ3) is 1.32. The summed E-state index contributed by atoms with van der Waals surface area (Å²) in [6.07, 6.45) is 2.90. The molecule has 0 aliphatic heterocycles. The summed E-state index contributed by atoms with van der Waals surface area (Å²) in [5.74, 6) is 0.492. The van der Waals surface area contributed by atoms with Gasteiger partial charge in [0, 0.05) is 5.56 Å². The fourth-order valence-electron chi connectivity index (χ4n) is 1.54. The van der Waals surface area contributed by atoms with Crippen molar-refractivity contribution in [2.24, 2.45) is 0 Å². The van der Waals surface area contributed by atoms with Crippen molar-refractivity contribution in [1.29, 1.82) is 0 Å². The first-order chi connectivity index (χ1) is 7.84. The van der Waals surface area contributed by atoms with Gasteiger partial charge in [-0.3, -0.25) is 4.98 Å². The molecule has 0 fully saturated rings. The fourth-order valence-corrected chi connectivity index (χ4v) is 1.54. The SMILES string of the molecule is Oc1cncc2nc(-c3ccccc3)oc12. The van der Waals surface area contributed by atoms with Crippen molar-refractivity contribution in [3.63, 3.8) is 0 Å². The van der Waals surface area contributed by atoms with Crippen LogP contribution in [0.2, 0.25) is 0 Å². The number of oxazole rings is 1. The molecule has 1 N–H and O–H groups in total. The highest BCUT2D eigenvalue weighted by molar-refractivity contribution is 5.80. The van der Waals surface area contributed by atoms with Gasteiger partial charge in [0.15, 0.2) is 11.3 Å². The molecule has 0 radical (unpaired) electrons. The summed E-state index contributed by atoms with van der Waals surface area (Å²) in [6, 6.07) is 9.53. The van der Waals surface area contributed by atoms with Crippen LogP contribution in [0, 0.1) is 0 Å². The molecule has 0 aliphatic carbocycles. The van der Waals surface area contributed by atoms with Crippen LogP contribution in [0.3, 0.4) is 0 Å². The average Bonchev–Trinajstić information content (AvgIpc) is 2.76. The second kappa shape index (κ2) is 3.34. The lowest BCUT2D eigenvalue weighted by atomic mass is 10.2. The molecule has 3 rings (SSSR count). The molecule has 16 heavy (non-hydrogen) atoms. The molecular weight excluding hydrogens is 204 g/mol. The maximum absolute atomic E-state index is 9.54. The van der Waals surface area contributed by atoms with Crippen LogP contribution in [0.4, 0.5) is 0 Å². The van der Waals surface area contributed by atoms with E-state index in [2.05, 4.69) is 9.97 Å². The summed E-state index contributed by atoms with van der Waals surface area (Å²) in [4.78, 5) is 8.10. The minimum Gasteiger partial charge on any atom is -0.503 e. The molecule has 2 aromatic heterocycles. The smallest absolute Gasteiger partial charge is 0.227 e. The van der Waals surface area contributed by atoms with Crippen LogP contribution in [0.25, 0.3) is 22.6 Å². The third-order valence-corrected chi connectivity index (χ3v) is 2.30. The lowest BCUT2D eigenvalue weighted by Crippen LogP contribution is -1.75. The van der Waals surface area contributed by atoms with Crippen LogP contribution in [0.5, 0.6) is 5.75 Å². The Balaban J connectivity index is 2.23. The highest BCUT2D eigenvalue weighted by Gasteiger charge is 2.10. The van der Waals surface area contributed by atoms with Gasteiger partial charge in [0.05, 0.1) is 12.4 Å². The fraction of sp³-hybridized carbons (Fsp3) is 0. The summed E-state index contributed by atoms with van der Waals surface area (Å²) < 4.78 is 5.48. The highest BCUT2D eigenvalue weighted by Crippen LogP contribution is 2.28. The normalized spacial score (nSPS) is 10.8. The van der Waals surface area contributed by atoms with Crippen molar-refractivity contribution in [3.05, 3.63) is 42.7 Å². The van der Waals surface area contributed by atoms with Crippen LogP contribution < -0.4 is 0 Å². The van der Waals surface area contributed by atoms with Crippen molar-refractivity contribution in [2.75, 3.05) is 0 Å². The number of aromatic nitrogens is 2. The third-order valence-electron chi connectivity index (χ3n) is 2.30. The van der Waals surface area contributed by atoms with Gasteiger partial charge in [-0.25, -0.2) is 4.98 Å². The van der Waals surface area contributed by atoms with Gasteiger partial charge in [-0.15, -0.1) is 0 Å². The molecule has 0 saturated carbocycles. The van der Waals surface area contributed by atoms with Gasteiger partial charge in [0.1, 0.15) is 5.52 Å². The first-order valence-electron chi connectivity index (χ1n) is 4.83. The Morgan fingerprint density at radius 2 is 1.88 bits per heavy atom. The van der Waals surface area contributed by atoms with Gasteiger partial charge < -0.3 is 9.52 Å². The Labute approximate surface area is 91.2 Å². The number of fused-ring (bicyclic) bond motifs is 1. The molecule has 1 aromatic carbocycles. The van der Waals surface area contributed by atoms with E-state index in [4.69, 9.17) is 4.42 Å². The van der Waals surface area contributed by atoms with Crippen LogP contribution in [0.15, 0.2) is 47.1 Å². The molecule has 0 saturated heterocycles. The Hall–Kier alpha value is -2.36. The predicted molar refractivity (Wildman–Crippen MR) is 58.9 cm³/mol. The number of hydrogen-bond donors (Lipinski definition) is 1. The van der Waals surface area contributed by atoms with E-state index in [1.807, 2.05) is 30.3 Å². The predicted octanol–water partition coefficient (Wildman–Crippen LogP) is 2.60. The number of hydrogen-bond acceptors (Lipinski definition) is 4. The molecule has 0 aliphatic rings. The Morgan fingerprint density at radius 3 is 2.62 bits per heavy atom. The Morgan fingerprint density at radius 1 is 1.06 bits per heavy atom. The molecule has 4 nitrogen and oxygen atoms in total. The van der Waals surface area contributed by atoms with E-state index in [1.54, 1.807) is 6.20 Å². The number of aromatic hydroxyl groups is 1. The molecule has 78 valence electrons. The summed E-state index contributed by atoms with van der Waals surface area (Å²) in [6.45, 7) is 0. The maximum atomic E-state index is 9.54. The van der Waals surface area contributed by atoms with Crippen molar-refractivity contribution in [1.82, 2.24) is 9.97 Å². The number of benzene rings is 1. The summed E-state index contributed by atoms with van der Waals surface area (Å²) in [7, 11) is 0. The highest BCUT2D eigenvalue weighted by atomic mass is 16.4. The zero-order valence-electron chi connectivity index (χ0n) is 8.29. The molecule has 3 aromatic rings. The van der Waals surface area contributed by atoms with Gasteiger partial charge >= 0.3 is 0 Å². The molecule has 0 unspecified atom stereocenters. The number of nitrogens with zero attached hydrogens (tertiary/aromatic N) is 2. The number of pyridine rings is 1. The minimum atomic E-state index is 0.00665. The van der Waals surface area contributed by atoms with Crippen LogP contribution in [-0.4, -0.2) is 15.1 Å². The summed E-state index contributed by atoms with van der Waals surface area (Å²) in [5.41, 5.74) is 1.80. The number of rotatable bonds is 1. The lowest BCUT2D eigenvalue weighted by Gasteiger charge is -1.92. The minimum absolute atomic E-state index is 0.00665. The largest absolute Gasteiger partial charge is 0.503 e. The Kier molecular flexibility index (Phi) is 1.86. The van der Waals surface area contributed by atoms with Gasteiger partial charge in [0.25, 0.3) is 0 Å². The van der Waals surface area contributed by atoms with Crippen molar-refractivity contribution >= 4 is 11.1 Å². The topological polar surface area (TPSA) is 59.2 Å². The van der Waals surface area contributed by atoms with E-state index in [0.717, 1.165) is 5.56 Å². The second-order valence-electron chi connectivity index (χ2n) is 3.39. The van der Waals surface area contributed by atoms with E-state index >= 15 is 0 Å². The zero-order chi connectivity index (χ0) is 11.0. The van der Waals surface area contributed by atoms with E-state index in [1.165, 1.54) is 6.20 Å². The van der Waals surface area contributed by atoms with Crippen LogP contribution >= 0.6 is 0 Å². The van der Waals surface area contributed by atoms with Crippen molar-refractivity contribution < 1.29 is 9.52 Å². The van der Waals surface area contributed by atoms with Gasteiger partial charge in [-0.1, -0.05) is 18.2 Å². The second-order valence-corrected chi connectivity index (χ2v) is 3.39. The quantitative estimate of drug-likeness (QED) is 0.673. The molecule has 0 amide bonds. The molecule has 4 heteroatoms. The van der Waals surface area contributed by atoms with E-state index in [-0.39, 0.29) is 5.75 Å². The van der Waals surface area contributed by atoms with Crippen LogP contribution in [-0.2, 0) is 0 Å². The lowest BCUT2D eigenvalue weighted by molar-refractivity contribution is 0.463. The first-order valence-corrected chi connectivity index (χ1v) is 4.83. The molecular formula is C12H8N2O2. The summed E-state index contributed by atoms with van der Waals surface area (Å²) >= 11 is 0.